The maximum Gasteiger partial charge on any atom is 0.182 e. The molecule has 0 fully saturated rings. The number of hydrogen-bond donors (Lipinski definition) is 1. The third-order valence-electron chi connectivity index (χ3n) is 3.27. The predicted octanol–water partition coefficient (Wildman–Crippen LogP) is 2.24. The second-order valence-electron chi connectivity index (χ2n) is 4.69. The highest BCUT2D eigenvalue weighted by atomic mass is 15.0. The Hall–Kier alpha value is -2.04. The minimum Gasteiger partial charge on any atom is -0.370 e. The summed E-state index contributed by atoms with van der Waals surface area (Å²) in [5.74, 6) is 1.65. The van der Waals surface area contributed by atoms with Crippen LogP contribution in [0.3, 0.4) is 0 Å². The van der Waals surface area contributed by atoms with Crippen LogP contribution in [0, 0.1) is 0 Å². The van der Waals surface area contributed by atoms with Crippen molar-refractivity contribution in [3.63, 3.8) is 0 Å². The van der Waals surface area contributed by atoms with Gasteiger partial charge in [0.15, 0.2) is 5.82 Å². The Balaban J connectivity index is 2.02. The van der Waals surface area contributed by atoms with Crippen LogP contribution in [0.25, 0.3) is 11.5 Å². The molecule has 2 aromatic rings. The van der Waals surface area contributed by atoms with Gasteiger partial charge in [-0.3, -0.25) is 4.98 Å². The van der Waals surface area contributed by atoms with Crippen LogP contribution < -0.4 is 5.32 Å². The minimum atomic E-state index is 0.673. The zero-order chi connectivity index (χ0) is 13.1. The van der Waals surface area contributed by atoms with Gasteiger partial charge in [-0.2, -0.15) is 0 Å². The van der Waals surface area contributed by atoms with Crippen molar-refractivity contribution >= 4 is 5.82 Å². The molecule has 0 radical (unpaired) electrons. The smallest absolute Gasteiger partial charge is 0.182 e. The first kappa shape index (κ1) is 12.0. The molecule has 5 nitrogen and oxygen atoms in total. The molecule has 5 heteroatoms. The molecule has 0 aliphatic heterocycles. The maximum atomic E-state index is 4.64. The van der Waals surface area contributed by atoms with Crippen molar-refractivity contribution in [1.82, 2.24) is 19.9 Å². The molecular weight excluding hydrogens is 238 g/mol. The van der Waals surface area contributed by atoms with E-state index in [1.54, 1.807) is 18.6 Å². The molecule has 0 saturated carbocycles. The van der Waals surface area contributed by atoms with Gasteiger partial charge in [-0.25, -0.2) is 15.0 Å². The van der Waals surface area contributed by atoms with Crippen LogP contribution in [-0.4, -0.2) is 26.5 Å². The number of nitrogens with one attached hydrogen (secondary N) is 1. The molecule has 3 rings (SSSR count). The summed E-state index contributed by atoms with van der Waals surface area (Å²) in [4.78, 5) is 17.6. The molecule has 0 bridgehead atoms. The van der Waals surface area contributed by atoms with E-state index in [2.05, 4.69) is 32.2 Å². The maximum absolute atomic E-state index is 4.64. The minimum absolute atomic E-state index is 0.673. The summed E-state index contributed by atoms with van der Waals surface area (Å²) >= 11 is 0. The van der Waals surface area contributed by atoms with E-state index in [4.69, 9.17) is 0 Å². The number of fused-ring (bicyclic) bond motifs is 1. The standard InChI is InChI=1S/C14H17N5/c1-2-6-17-13-10-4-3-5-11(10)18-14(19-13)12-9-15-7-8-16-12/h7-9H,2-6H2,1H3,(H,17,18,19). The van der Waals surface area contributed by atoms with Gasteiger partial charge in [-0.05, 0) is 25.7 Å². The quantitative estimate of drug-likeness (QED) is 0.907. The van der Waals surface area contributed by atoms with E-state index in [0.29, 0.717) is 5.82 Å². The van der Waals surface area contributed by atoms with Crippen molar-refractivity contribution in [3.05, 3.63) is 29.8 Å². The van der Waals surface area contributed by atoms with E-state index in [1.165, 1.54) is 5.56 Å². The molecule has 1 N–H and O–H groups in total. The average Bonchev–Trinajstić information content (AvgIpc) is 2.94. The van der Waals surface area contributed by atoms with Crippen molar-refractivity contribution in [3.8, 4) is 11.5 Å². The van der Waals surface area contributed by atoms with Crippen LogP contribution in [0.5, 0.6) is 0 Å². The van der Waals surface area contributed by atoms with Crippen molar-refractivity contribution < 1.29 is 0 Å². The fourth-order valence-corrected chi connectivity index (χ4v) is 2.35. The molecular formula is C14H17N5. The van der Waals surface area contributed by atoms with Gasteiger partial charge in [0.25, 0.3) is 0 Å². The summed E-state index contributed by atoms with van der Waals surface area (Å²) in [6, 6.07) is 0. The van der Waals surface area contributed by atoms with Gasteiger partial charge >= 0.3 is 0 Å². The van der Waals surface area contributed by atoms with Gasteiger partial charge in [0, 0.05) is 30.2 Å². The van der Waals surface area contributed by atoms with Crippen LogP contribution in [0.4, 0.5) is 5.82 Å². The van der Waals surface area contributed by atoms with Gasteiger partial charge < -0.3 is 5.32 Å². The lowest BCUT2D eigenvalue weighted by atomic mass is 10.2. The van der Waals surface area contributed by atoms with Gasteiger partial charge in [0.05, 0.1) is 6.20 Å². The number of rotatable bonds is 4. The first-order valence-corrected chi connectivity index (χ1v) is 6.78. The highest BCUT2D eigenvalue weighted by Crippen LogP contribution is 2.28. The number of nitrogens with zero attached hydrogens (tertiary/aromatic N) is 4. The lowest BCUT2D eigenvalue weighted by molar-refractivity contribution is 0.899. The summed E-state index contributed by atoms with van der Waals surface area (Å²) in [6.07, 6.45) is 9.39. The summed E-state index contributed by atoms with van der Waals surface area (Å²) in [5, 5.41) is 3.41. The zero-order valence-electron chi connectivity index (χ0n) is 11.1. The Morgan fingerprint density at radius 3 is 2.95 bits per heavy atom. The van der Waals surface area contributed by atoms with E-state index >= 15 is 0 Å². The number of aryl methyl sites for hydroxylation is 1. The van der Waals surface area contributed by atoms with E-state index in [1.807, 2.05) is 0 Å². The Morgan fingerprint density at radius 1 is 1.21 bits per heavy atom. The lowest BCUT2D eigenvalue weighted by Crippen LogP contribution is -2.08. The number of aromatic nitrogens is 4. The van der Waals surface area contributed by atoms with Gasteiger partial charge in [-0.1, -0.05) is 6.92 Å². The third-order valence-corrected chi connectivity index (χ3v) is 3.27. The molecule has 2 aromatic heterocycles. The molecule has 0 unspecified atom stereocenters. The molecule has 2 heterocycles. The average molecular weight is 255 g/mol. The summed E-state index contributed by atoms with van der Waals surface area (Å²) in [5.41, 5.74) is 3.17. The van der Waals surface area contributed by atoms with Crippen LogP contribution in [0.2, 0.25) is 0 Å². The van der Waals surface area contributed by atoms with Crippen LogP contribution in [0.15, 0.2) is 18.6 Å². The Labute approximate surface area is 112 Å². The third kappa shape index (κ3) is 2.41. The Bertz CT molecular complexity index is 568. The summed E-state index contributed by atoms with van der Waals surface area (Å²) < 4.78 is 0. The molecule has 0 aromatic carbocycles. The molecule has 1 aliphatic rings. The van der Waals surface area contributed by atoms with Crippen molar-refractivity contribution in [1.29, 1.82) is 0 Å². The van der Waals surface area contributed by atoms with E-state index in [0.717, 1.165) is 49.4 Å². The lowest BCUT2D eigenvalue weighted by Gasteiger charge is -2.11. The Morgan fingerprint density at radius 2 is 2.16 bits per heavy atom. The van der Waals surface area contributed by atoms with Crippen LogP contribution >= 0.6 is 0 Å². The molecule has 0 atom stereocenters. The molecule has 0 saturated heterocycles. The van der Waals surface area contributed by atoms with Crippen LogP contribution in [0.1, 0.15) is 31.0 Å². The monoisotopic (exact) mass is 255 g/mol. The highest BCUT2D eigenvalue weighted by molar-refractivity contribution is 5.57. The molecule has 19 heavy (non-hydrogen) atoms. The fraction of sp³-hybridized carbons (Fsp3) is 0.429. The highest BCUT2D eigenvalue weighted by Gasteiger charge is 2.19. The van der Waals surface area contributed by atoms with Crippen LogP contribution in [-0.2, 0) is 12.8 Å². The normalized spacial score (nSPS) is 13.3. The zero-order valence-corrected chi connectivity index (χ0v) is 11.1. The van der Waals surface area contributed by atoms with E-state index in [9.17, 15) is 0 Å². The van der Waals surface area contributed by atoms with Gasteiger partial charge in [0.2, 0.25) is 0 Å². The summed E-state index contributed by atoms with van der Waals surface area (Å²) in [6.45, 7) is 3.08. The van der Waals surface area contributed by atoms with E-state index < -0.39 is 0 Å². The van der Waals surface area contributed by atoms with Crippen molar-refractivity contribution in [2.45, 2.75) is 32.6 Å². The van der Waals surface area contributed by atoms with Gasteiger partial charge in [0.1, 0.15) is 11.5 Å². The second kappa shape index (κ2) is 5.30. The molecule has 0 spiro atoms. The van der Waals surface area contributed by atoms with Gasteiger partial charge in [-0.15, -0.1) is 0 Å². The second-order valence-corrected chi connectivity index (χ2v) is 4.69. The number of anilines is 1. The fourth-order valence-electron chi connectivity index (χ4n) is 2.35. The first-order valence-electron chi connectivity index (χ1n) is 6.78. The molecule has 0 amide bonds. The predicted molar refractivity (Wildman–Crippen MR) is 73.9 cm³/mol. The Kier molecular flexibility index (Phi) is 3.35. The number of hydrogen-bond acceptors (Lipinski definition) is 5. The molecule has 98 valence electrons. The molecule has 1 aliphatic carbocycles. The van der Waals surface area contributed by atoms with Crippen molar-refractivity contribution in [2.75, 3.05) is 11.9 Å². The largest absolute Gasteiger partial charge is 0.370 e. The SMILES string of the molecule is CCCNc1nc(-c2cnccn2)nc2c1CCC2. The van der Waals surface area contributed by atoms with Crippen molar-refractivity contribution in [2.24, 2.45) is 0 Å². The van der Waals surface area contributed by atoms with E-state index in [-0.39, 0.29) is 0 Å². The summed E-state index contributed by atoms with van der Waals surface area (Å²) in [7, 11) is 0. The first-order chi connectivity index (χ1) is 9.38. The topological polar surface area (TPSA) is 63.6 Å².